The molecule has 0 spiro atoms. The first-order chi connectivity index (χ1) is 12.5. The van der Waals surface area contributed by atoms with Crippen LogP contribution in [0.15, 0.2) is 0 Å². The number of hydrogen-bond acceptors (Lipinski definition) is 10. The van der Waals surface area contributed by atoms with Gasteiger partial charge in [-0.05, 0) is 0 Å². The van der Waals surface area contributed by atoms with Gasteiger partial charge in [0.25, 0.3) is 0 Å². The SMILES string of the molecule is CC(=O)OC[C@@H](OC(C)=O)[C@H](OC(C)=O)[C@H](OC(C)=O)[C@H](CCl)OC(C)=O. The van der Waals surface area contributed by atoms with E-state index in [1.165, 1.54) is 0 Å². The van der Waals surface area contributed by atoms with E-state index in [0.717, 1.165) is 34.6 Å². The molecule has 4 atom stereocenters. The monoisotopic (exact) mass is 410 g/mol. The minimum absolute atomic E-state index is 0.324. The summed E-state index contributed by atoms with van der Waals surface area (Å²) in [4.78, 5) is 56.9. The molecule has 0 bridgehead atoms. The van der Waals surface area contributed by atoms with E-state index in [4.69, 9.17) is 35.3 Å². The van der Waals surface area contributed by atoms with Crippen LogP contribution in [0.4, 0.5) is 0 Å². The highest BCUT2D eigenvalue weighted by molar-refractivity contribution is 6.18. The molecule has 0 unspecified atom stereocenters. The summed E-state index contributed by atoms with van der Waals surface area (Å²) in [5.41, 5.74) is 0. The van der Waals surface area contributed by atoms with Gasteiger partial charge in [-0.15, -0.1) is 11.6 Å². The number of rotatable bonds is 10. The molecule has 0 aromatic carbocycles. The van der Waals surface area contributed by atoms with Crippen LogP contribution in [-0.4, -0.2) is 66.7 Å². The number of halogens is 1. The van der Waals surface area contributed by atoms with Gasteiger partial charge >= 0.3 is 29.8 Å². The van der Waals surface area contributed by atoms with Crippen molar-refractivity contribution in [2.24, 2.45) is 0 Å². The van der Waals surface area contributed by atoms with Gasteiger partial charge < -0.3 is 23.7 Å². The third-order valence-electron chi connectivity index (χ3n) is 2.90. The number of esters is 5. The number of ether oxygens (including phenoxy) is 5. The fourth-order valence-corrected chi connectivity index (χ4v) is 2.34. The molecular formula is C16H23ClO10. The van der Waals surface area contributed by atoms with Crippen LogP contribution in [0.3, 0.4) is 0 Å². The van der Waals surface area contributed by atoms with Crippen LogP contribution >= 0.6 is 11.6 Å². The van der Waals surface area contributed by atoms with E-state index >= 15 is 0 Å². The van der Waals surface area contributed by atoms with Crippen LogP contribution in [0.25, 0.3) is 0 Å². The molecule has 0 N–H and O–H groups in total. The van der Waals surface area contributed by atoms with E-state index in [0.29, 0.717) is 0 Å². The zero-order valence-corrected chi connectivity index (χ0v) is 16.4. The molecule has 0 aromatic heterocycles. The Bertz CT molecular complexity index is 561. The molecule has 10 nitrogen and oxygen atoms in total. The highest BCUT2D eigenvalue weighted by Gasteiger charge is 2.43. The average molecular weight is 411 g/mol. The van der Waals surface area contributed by atoms with Gasteiger partial charge in [0.2, 0.25) is 0 Å². The lowest BCUT2D eigenvalue weighted by Crippen LogP contribution is -2.53. The molecule has 0 saturated carbocycles. The third-order valence-corrected chi connectivity index (χ3v) is 3.20. The maximum absolute atomic E-state index is 11.6. The Balaban J connectivity index is 5.96. The summed E-state index contributed by atoms with van der Waals surface area (Å²) in [6, 6.07) is 0. The van der Waals surface area contributed by atoms with E-state index in [1.807, 2.05) is 0 Å². The van der Waals surface area contributed by atoms with Gasteiger partial charge in [-0.2, -0.15) is 0 Å². The van der Waals surface area contributed by atoms with Crippen LogP contribution in [0.5, 0.6) is 0 Å². The van der Waals surface area contributed by atoms with Crippen LogP contribution in [0.2, 0.25) is 0 Å². The van der Waals surface area contributed by atoms with Crippen molar-refractivity contribution in [1.82, 2.24) is 0 Å². The normalized spacial score (nSPS) is 14.7. The molecule has 0 amide bonds. The molecule has 11 heteroatoms. The van der Waals surface area contributed by atoms with Gasteiger partial charge in [-0.3, -0.25) is 24.0 Å². The quantitative estimate of drug-likeness (QED) is 0.285. The minimum Gasteiger partial charge on any atom is -0.462 e. The summed E-state index contributed by atoms with van der Waals surface area (Å²) in [6.07, 6.45) is -5.46. The number of hydrogen-bond donors (Lipinski definition) is 0. The summed E-state index contributed by atoms with van der Waals surface area (Å²) in [7, 11) is 0. The Morgan fingerprint density at radius 3 is 1.33 bits per heavy atom. The Labute approximate surface area is 161 Å². The molecule has 27 heavy (non-hydrogen) atoms. The fraction of sp³-hybridized carbons (Fsp3) is 0.688. The summed E-state index contributed by atoms with van der Waals surface area (Å²) >= 11 is 5.81. The minimum atomic E-state index is -1.46. The topological polar surface area (TPSA) is 132 Å². The predicted octanol–water partition coefficient (Wildman–Crippen LogP) is 0.515. The lowest BCUT2D eigenvalue weighted by atomic mass is 10.0. The summed E-state index contributed by atoms with van der Waals surface area (Å²) in [5.74, 6) is -4.13. The molecule has 0 aromatic rings. The zero-order chi connectivity index (χ0) is 21.1. The first-order valence-electron chi connectivity index (χ1n) is 7.86. The molecule has 0 fully saturated rings. The van der Waals surface area contributed by atoms with E-state index < -0.39 is 60.9 Å². The Morgan fingerprint density at radius 2 is 1.00 bits per heavy atom. The smallest absolute Gasteiger partial charge is 0.303 e. The van der Waals surface area contributed by atoms with E-state index in [-0.39, 0.29) is 5.88 Å². The number of alkyl halides is 1. The molecule has 0 saturated heterocycles. The maximum atomic E-state index is 11.6. The Morgan fingerprint density at radius 1 is 0.630 bits per heavy atom. The van der Waals surface area contributed by atoms with Crippen molar-refractivity contribution < 1.29 is 47.7 Å². The average Bonchev–Trinajstić information content (AvgIpc) is 2.51. The molecule has 0 aliphatic rings. The largest absolute Gasteiger partial charge is 0.462 e. The highest BCUT2D eigenvalue weighted by Crippen LogP contribution is 2.21. The second-order valence-corrected chi connectivity index (χ2v) is 5.71. The first-order valence-corrected chi connectivity index (χ1v) is 8.39. The summed E-state index contributed by atoms with van der Waals surface area (Å²) in [5, 5.41) is 0. The van der Waals surface area contributed by atoms with Crippen molar-refractivity contribution in [3.05, 3.63) is 0 Å². The second-order valence-electron chi connectivity index (χ2n) is 5.40. The van der Waals surface area contributed by atoms with Gasteiger partial charge in [0.1, 0.15) is 6.61 Å². The van der Waals surface area contributed by atoms with E-state index in [9.17, 15) is 24.0 Å². The van der Waals surface area contributed by atoms with E-state index in [1.54, 1.807) is 0 Å². The van der Waals surface area contributed by atoms with Gasteiger partial charge in [-0.25, -0.2) is 0 Å². The second kappa shape index (κ2) is 12.1. The summed E-state index contributed by atoms with van der Waals surface area (Å²) in [6.45, 7) is 4.94. The molecule has 0 aliphatic carbocycles. The highest BCUT2D eigenvalue weighted by atomic mass is 35.5. The van der Waals surface area contributed by atoms with Gasteiger partial charge in [0.05, 0.1) is 5.88 Å². The number of carbonyl (C=O) groups excluding carboxylic acids is 5. The van der Waals surface area contributed by atoms with Crippen LogP contribution in [-0.2, 0) is 47.7 Å². The lowest BCUT2D eigenvalue weighted by Gasteiger charge is -2.34. The van der Waals surface area contributed by atoms with Crippen molar-refractivity contribution in [2.45, 2.75) is 59.0 Å². The lowest BCUT2D eigenvalue weighted by molar-refractivity contribution is -0.201. The molecule has 0 heterocycles. The van der Waals surface area contributed by atoms with Crippen molar-refractivity contribution in [3.8, 4) is 0 Å². The molecule has 0 rings (SSSR count). The van der Waals surface area contributed by atoms with Crippen LogP contribution < -0.4 is 0 Å². The van der Waals surface area contributed by atoms with Crippen LogP contribution in [0.1, 0.15) is 34.6 Å². The Hall–Kier alpha value is -2.36. The fourth-order valence-electron chi connectivity index (χ4n) is 2.10. The summed E-state index contributed by atoms with van der Waals surface area (Å²) < 4.78 is 25.2. The van der Waals surface area contributed by atoms with Crippen molar-refractivity contribution >= 4 is 41.4 Å². The zero-order valence-electron chi connectivity index (χ0n) is 15.7. The molecule has 154 valence electrons. The van der Waals surface area contributed by atoms with Crippen molar-refractivity contribution in [3.63, 3.8) is 0 Å². The third kappa shape index (κ3) is 10.4. The molecule has 0 aliphatic heterocycles. The van der Waals surface area contributed by atoms with E-state index in [2.05, 4.69) is 0 Å². The van der Waals surface area contributed by atoms with Crippen molar-refractivity contribution in [1.29, 1.82) is 0 Å². The van der Waals surface area contributed by atoms with Crippen LogP contribution in [0, 0.1) is 0 Å². The first kappa shape index (κ1) is 24.6. The van der Waals surface area contributed by atoms with Gasteiger partial charge in [0, 0.05) is 34.6 Å². The Kier molecular flexibility index (Phi) is 11.0. The van der Waals surface area contributed by atoms with Gasteiger partial charge in [0.15, 0.2) is 24.4 Å². The number of carbonyl (C=O) groups is 5. The van der Waals surface area contributed by atoms with Gasteiger partial charge in [-0.1, -0.05) is 0 Å². The molecule has 0 radical (unpaired) electrons. The predicted molar refractivity (Wildman–Crippen MR) is 89.6 cm³/mol. The maximum Gasteiger partial charge on any atom is 0.303 e. The standard InChI is InChI=1S/C16H23ClO10/c1-8(18)23-7-14(25-10(3)20)16(27-12(5)22)15(26-11(4)21)13(6-17)24-9(2)19/h13-16H,6-7H2,1-5H3/t13-,14+,15+,16-/m0/s1. The molecular weight excluding hydrogens is 388 g/mol. The van der Waals surface area contributed by atoms with Crippen molar-refractivity contribution in [2.75, 3.05) is 12.5 Å².